The first-order valence-electron chi connectivity index (χ1n) is 12.5. The zero-order valence-corrected chi connectivity index (χ0v) is 21.9. The van der Waals surface area contributed by atoms with Gasteiger partial charge in [0, 0.05) is 22.7 Å². The van der Waals surface area contributed by atoms with Crippen molar-refractivity contribution in [3.8, 4) is 0 Å². The van der Waals surface area contributed by atoms with E-state index in [-0.39, 0.29) is 11.8 Å². The summed E-state index contributed by atoms with van der Waals surface area (Å²) in [5.41, 5.74) is 11.3. The highest BCUT2D eigenvalue weighted by molar-refractivity contribution is 9.08. The minimum absolute atomic E-state index is 0.248. The van der Waals surface area contributed by atoms with E-state index >= 15 is 0 Å². The van der Waals surface area contributed by atoms with E-state index in [0.717, 1.165) is 17.5 Å². The van der Waals surface area contributed by atoms with E-state index < -0.39 is 11.2 Å². The molecule has 1 unspecified atom stereocenters. The fourth-order valence-electron chi connectivity index (χ4n) is 5.97. The van der Waals surface area contributed by atoms with Crippen LogP contribution in [-0.4, -0.2) is 10.3 Å². The van der Waals surface area contributed by atoms with Crippen molar-refractivity contribution in [3.05, 3.63) is 105 Å². The topological polar surface area (TPSA) is 23.1 Å². The Kier molecular flexibility index (Phi) is 7.30. The third-order valence-electron chi connectivity index (χ3n) is 7.47. The summed E-state index contributed by atoms with van der Waals surface area (Å²) in [5, 5.41) is 0.851. The van der Waals surface area contributed by atoms with Crippen LogP contribution in [0.2, 0.25) is 0 Å². The Balaban J connectivity index is 1.47. The minimum Gasteiger partial charge on any atom is -0.616 e. The molecule has 3 aromatic rings. The molecule has 0 saturated heterocycles. The lowest BCUT2D eigenvalue weighted by Crippen LogP contribution is -2.30. The van der Waals surface area contributed by atoms with Crippen LogP contribution in [0.5, 0.6) is 0 Å². The number of rotatable bonds is 10. The van der Waals surface area contributed by atoms with Crippen molar-refractivity contribution >= 4 is 27.1 Å². The highest BCUT2D eigenvalue weighted by Crippen LogP contribution is 2.57. The van der Waals surface area contributed by atoms with Gasteiger partial charge >= 0.3 is 0 Å². The molecule has 3 aliphatic carbocycles. The van der Waals surface area contributed by atoms with E-state index in [1.807, 2.05) is 0 Å². The van der Waals surface area contributed by atoms with Crippen LogP contribution in [0.15, 0.2) is 60.7 Å². The Hall–Kier alpha value is -1.55. The SMILES string of the molecule is CCCCCCCC[S+]([O-])Cc1ccc(CBr)c2c1C1c3ccccc3C2c2ccccc21. The summed E-state index contributed by atoms with van der Waals surface area (Å²) in [5.74, 6) is 2.02. The van der Waals surface area contributed by atoms with Gasteiger partial charge in [-0.1, -0.05) is 109 Å². The van der Waals surface area contributed by atoms with Crippen molar-refractivity contribution in [1.82, 2.24) is 0 Å². The number of unbranched alkanes of at least 4 members (excludes halogenated alkanes) is 5. The molecule has 0 heterocycles. The fourth-order valence-corrected chi connectivity index (χ4v) is 7.73. The van der Waals surface area contributed by atoms with Crippen LogP contribution in [-0.2, 0) is 22.3 Å². The largest absolute Gasteiger partial charge is 0.616 e. The van der Waals surface area contributed by atoms with Crippen LogP contribution < -0.4 is 0 Å². The molecule has 0 spiro atoms. The first-order valence-corrected chi connectivity index (χ1v) is 15.1. The van der Waals surface area contributed by atoms with Crippen molar-refractivity contribution < 1.29 is 4.55 Å². The van der Waals surface area contributed by atoms with Gasteiger partial charge in [0.05, 0.1) is 0 Å². The third-order valence-corrected chi connectivity index (χ3v) is 9.45. The minimum atomic E-state index is -0.814. The fraction of sp³-hybridized carbons (Fsp3) is 0.400. The van der Waals surface area contributed by atoms with Gasteiger partial charge in [-0.15, -0.1) is 0 Å². The first kappa shape index (κ1) is 23.2. The van der Waals surface area contributed by atoms with E-state index in [1.54, 1.807) is 0 Å². The molecule has 33 heavy (non-hydrogen) atoms. The standard InChI is InChI=1S/C30H33BrOS/c1-2-3-4-5-6-11-18-33(32)20-22-17-16-21(19-31)27-28(22)30-25-14-9-7-12-23(25)29(27)24-13-8-10-15-26(24)30/h7-10,12-17,29-30H,2-6,11,18-20H2,1H3. The zero-order valence-electron chi connectivity index (χ0n) is 19.5. The van der Waals surface area contributed by atoms with Crippen LogP contribution in [0.4, 0.5) is 0 Å². The number of halogens is 1. The quantitative estimate of drug-likeness (QED) is 0.103. The van der Waals surface area contributed by atoms with Crippen LogP contribution >= 0.6 is 15.9 Å². The molecule has 172 valence electrons. The lowest BCUT2D eigenvalue weighted by Gasteiger charge is -2.44. The molecule has 3 heteroatoms. The number of hydrogen-bond acceptors (Lipinski definition) is 1. The molecular weight excluding hydrogens is 488 g/mol. The summed E-state index contributed by atoms with van der Waals surface area (Å²) in [4.78, 5) is 0. The van der Waals surface area contributed by atoms with E-state index in [4.69, 9.17) is 0 Å². The molecule has 0 radical (unpaired) electrons. The summed E-state index contributed by atoms with van der Waals surface area (Å²) in [7, 11) is 0. The van der Waals surface area contributed by atoms with Gasteiger partial charge in [0.25, 0.3) is 0 Å². The highest BCUT2D eigenvalue weighted by Gasteiger charge is 2.43. The number of benzene rings is 3. The van der Waals surface area contributed by atoms with E-state index in [9.17, 15) is 4.55 Å². The maximum Gasteiger partial charge on any atom is 0.130 e. The molecule has 0 N–H and O–H groups in total. The second-order valence-electron chi connectivity index (χ2n) is 9.52. The molecular formula is C30H33BrOS. The normalized spacial score (nSPS) is 18.5. The molecule has 3 aliphatic rings. The highest BCUT2D eigenvalue weighted by atomic mass is 79.9. The molecule has 3 aromatic carbocycles. The van der Waals surface area contributed by atoms with Crippen LogP contribution in [0, 0.1) is 0 Å². The summed E-state index contributed by atoms with van der Waals surface area (Å²) in [6.07, 6.45) is 7.47. The maximum atomic E-state index is 13.1. The molecule has 0 fully saturated rings. The molecule has 0 aromatic heterocycles. The molecule has 0 aliphatic heterocycles. The molecule has 0 amide bonds. The lowest BCUT2D eigenvalue weighted by molar-refractivity contribution is 0.581. The van der Waals surface area contributed by atoms with E-state index in [1.165, 1.54) is 76.6 Å². The van der Waals surface area contributed by atoms with Gasteiger partial charge in [-0.25, -0.2) is 0 Å². The van der Waals surface area contributed by atoms with Crippen molar-refractivity contribution in [2.24, 2.45) is 0 Å². The van der Waals surface area contributed by atoms with Crippen LogP contribution in [0.1, 0.15) is 102 Å². The average Bonchev–Trinajstić information content (AvgIpc) is 2.86. The third kappa shape index (κ3) is 4.33. The number of alkyl halides is 1. The van der Waals surface area contributed by atoms with Gasteiger partial charge in [-0.05, 0) is 63.0 Å². The molecule has 6 rings (SSSR count). The van der Waals surface area contributed by atoms with Gasteiger partial charge in [-0.3, -0.25) is 0 Å². The Labute approximate surface area is 210 Å². The maximum absolute atomic E-state index is 13.1. The van der Waals surface area contributed by atoms with Crippen molar-refractivity contribution in [2.75, 3.05) is 5.75 Å². The summed E-state index contributed by atoms with van der Waals surface area (Å²) in [6.45, 7) is 2.25. The van der Waals surface area contributed by atoms with Crippen molar-refractivity contribution in [1.29, 1.82) is 0 Å². The zero-order chi connectivity index (χ0) is 22.8. The smallest absolute Gasteiger partial charge is 0.130 e. The van der Waals surface area contributed by atoms with Crippen LogP contribution in [0.25, 0.3) is 0 Å². The van der Waals surface area contributed by atoms with Gasteiger partial charge < -0.3 is 4.55 Å². The second kappa shape index (κ2) is 10.4. The average molecular weight is 522 g/mol. The van der Waals surface area contributed by atoms with Crippen molar-refractivity contribution in [2.45, 2.75) is 68.4 Å². The Morgan fingerprint density at radius 2 is 1.18 bits per heavy atom. The lowest BCUT2D eigenvalue weighted by atomic mass is 9.59. The molecule has 2 bridgehead atoms. The second-order valence-corrected chi connectivity index (χ2v) is 11.7. The molecule has 1 nitrogen and oxygen atoms in total. The van der Waals surface area contributed by atoms with Gasteiger partial charge in [-0.2, -0.15) is 0 Å². The number of hydrogen-bond donors (Lipinski definition) is 0. The molecule has 1 atom stereocenters. The Morgan fingerprint density at radius 1 is 0.697 bits per heavy atom. The predicted octanol–water partition coefficient (Wildman–Crippen LogP) is 8.18. The molecule has 0 saturated carbocycles. The first-order chi connectivity index (χ1) is 16.2. The summed E-state index contributed by atoms with van der Waals surface area (Å²) < 4.78 is 13.1. The van der Waals surface area contributed by atoms with E-state index in [0.29, 0.717) is 5.75 Å². The Bertz CT molecular complexity index is 1080. The monoisotopic (exact) mass is 520 g/mol. The summed E-state index contributed by atoms with van der Waals surface area (Å²) >= 11 is 2.95. The van der Waals surface area contributed by atoms with Crippen molar-refractivity contribution in [3.63, 3.8) is 0 Å². The van der Waals surface area contributed by atoms with Gasteiger partial charge in [0.2, 0.25) is 0 Å². The van der Waals surface area contributed by atoms with Crippen LogP contribution in [0.3, 0.4) is 0 Å². The van der Waals surface area contributed by atoms with Gasteiger partial charge in [0.1, 0.15) is 11.5 Å². The Morgan fingerprint density at radius 3 is 1.73 bits per heavy atom. The van der Waals surface area contributed by atoms with Gasteiger partial charge in [0.15, 0.2) is 0 Å². The van der Waals surface area contributed by atoms with E-state index in [2.05, 4.69) is 83.5 Å². The summed E-state index contributed by atoms with van der Waals surface area (Å²) in [6, 6.07) is 22.5. The predicted molar refractivity (Wildman–Crippen MR) is 144 cm³/mol.